The molecule has 15 heavy (non-hydrogen) atoms. The fourth-order valence-electron chi connectivity index (χ4n) is 1.52. The molecule has 0 atom stereocenters. The molecule has 0 aliphatic rings. The van der Waals surface area contributed by atoms with Crippen LogP contribution in [0, 0.1) is 0 Å². The maximum atomic E-state index is 11.4. The van der Waals surface area contributed by atoms with Gasteiger partial charge in [0, 0.05) is 11.1 Å². The third-order valence-electron chi connectivity index (χ3n) is 2.34. The van der Waals surface area contributed by atoms with Gasteiger partial charge < -0.3 is 5.73 Å². The lowest BCUT2D eigenvalue weighted by Gasteiger charge is -2.11. The van der Waals surface area contributed by atoms with Gasteiger partial charge in [-0.15, -0.1) is 0 Å². The zero-order valence-corrected chi connectivity index (χ0v) is 9.20. The van der Waals surface area contributed by atoms with Crippen molar-refractivity contribution >= 4 is 11.7 Å². The van der Waals surface area contributed by atoms with Gasteiger partial charge in [0.05, 0.1) is 0 Å². The molecule has 0 saturated heterocycles. The van der Waals surface area contributed by atoms with Gasteiger partial charge >= 0.3 is 0 Å². The number of hydrogen-bond donors (Lipinski definition) is 1. The molecular formula is C12H15NO2. The van der Waals surface area contributed by atoms with Gasteiger partial charge in [0.25, 0.3) is 0 Å². The van der Waals surface area contributed by atoms with Gasteiger partial charge in [-0.25, -0.2) is 0 Å². The smallest absolute Gasteiger partial charge is 0.248 e. The SMILES string of the molecule is CC(=O)c1cc(C(N)=O)ccc1C(C)C. The first-order valence-electron chi connectivity index (χ1n) is 4.88. The van der Waals surface area contributed by atoms with Gasteiger partial charge in [-0.05, 0) is 30.5 Å². The van der Waals surface area contributed by atoms with E-state index in [-0.39, 0.29) is 11.7 Å². The number of carbonyl (C=O) groups is 2. The number of rotatable bonds is 3. The van der Waals surface area contributed by atoms with Gasteiger partial charge in [0.2, 0.25) is 5.91 Å². The highest BCUT2D eigenvalue weighted by Crippen LogP contribution is 2.21. The predicted octanol–water partition coefficient (Wildman–Crippen LogP) is 2.11. The first-order valence-corrected chi connectivity index (χ1v) is 4.88. The van der Waals surface area contributed by atoms with Crippen molar-refractivity contribution in [2.45, 2.75) is 26.7 Å². The van der Waals surface area contributed by atoms with Crippen molar-refractivity contribution in [1.29, 1.82) is 0 Å². The Balaban J connectivity index is 3.33. The summed E-state index contributed by atoms with van der Waals surface area (Å²) in [5.41, 5.74) is 7.07. The Labute approximate surface area is 89.3 Å². The van der Waals surface area contributed by atoms with Crippen LogP contribution >= 0.6 is 0 Å². The summed E-state index contributed by atoms with van der Waals surface area (Å²) in [4.78, 5) is 22.4. The van der Waals surface area contributed by atoms with E-state index in [4.69, 9.17) is 5.73 Å². The van der Waals surface area contributed by atoms with Gasteiger partial charge in [0.15, 0.2) is 5.78 Å². The van der Waals surface area contributed by atoms with E-state index >= 15 is 0 Å². The summed E-state index contributed by atoms with van der Waals surface area (Å²) in [5.74, 6) is -0.291. The van der Waals surface area contributed by atoms with E-state index in [0.29, 0.717) is 11.1 Å². The lowest BCUT2D eigenvalue weighted by atomic mass is 9.93. The molecule has 2 N–H and O–H groups in total. The molecule has 0 unspecified atom stereocenters. The Morgan fingerprint density at radius 1 is 1.27 bits per heavy atom. The van der Waals surface area contributed by atoms with Crippen LogP contribution in [-0.2, 0) is 0 Å². The highest BCUT2D eigenvalue weighted by Gasteiger charge is 2.12. The van der Waals surface area contributed by atoms with Crippen LogP contribution in [0.3, 0.4) is 0 Å². The predicted molar refractivity (Wildman–Crippen MR) is 59.1 cm³/mol. The van der Waals surface area contributed by atoms with Crippen LogP contribution in [0.15, 0.2) is 18.2 Å². The van der Waals surface area contributed by atoms with E-state index in [2.05, 4.69) is 0 Å². The number of primary amides is 1. The number of ketones is 1. The minimum absolute atomic E-state index is 0.0400. The molecule has 0 bridgehead atoms. The molecule has 1 rings (SSSR count). The molecule has 0 aliphatic carbocycles. The third kappa shape index (κ3) is 2.43. The molecule has 0 saturated carbocycles. The lowest BCUT2D eigenvalue weighted by molar-refractivity contribution is 0.1000. The summed E-state index contributed by atoms with van der Waals surface area (Å²) >= 11 is 0. The highest BCUT2D eigenvalue weighted by atomic mass is 16.1. The highest BCUT2D eigenvalue weighted by molar-refractivity contribution is 6.00. The van der Waals surface area contributed by atoms with Crippen LogP contribution in [0.4, 0.5) is 0 Å². The molecule has 1 aromatic rings. The first-order chi connectivity index (χ1) is 6.93. The van der Waals surface area contributed by atoms with E-state index in [1.165, 1.54) is 6.92 Å². The van der Waals surface area contributed by atoms with E-state index < -0.39 is 5.91 Å². The van der Waals surface area contributed by atoms with E-state index in [0.717, 1.165) is 5.56 Å². The van der Waals surface area contributed by atoms with Crippen molar-refractivity contribution < 1.29 is 9.59 Å². The maximum Gasteiger partial charge on any atom is 0.248 e. The monoisotopic (exact) mass is 205 g/mol. The van der Waals surface area contributed by atoms with E-state index in [9.17, 15) is 9.59 Å². The molecular weight excluding hydrogens is 190 g/mol. The number of benzene rings is 1. The minimum Gasteiger partial charge on any atom is -0.366 e. The van der Waals surface area contributed by atoms with Crippen molar-refractivity contribution in [3.05, 3.63) is 34.9 Å². The summed E-state index contributed by atoms with van der Waals surface area (Å²) in [6.45, 7) is 5.50. The fraction of sp³-hybridized carbons (Fsp3) is 0.333. The van der Waals surface area contributed by atoms with Crippen LogP contribution in [0.1, 0.15) is 53.0 Å². The molecule has 0 aromatic heterocycles. The van der Waals surface area contributed by atoms with Crippen LogP contribution in [-0.4, -0.2) is 11.7 Å². The van der Waals surface area contributed by atoms with Crippen LogP contribution in [0.25, 0.3) is 0 Å². The summed E-state index contributed by atoms with van der Waals surface area (Å²) in [6, 6.07) is 5.02. The second kappa shape index (κ2) is 4.26. The number of hydrogen-bond acceptors (Lipinski definition) is 2. The molecule has 3 heteroatoms. The zero-order valence-electron chi connectivity index (χ0n) is 9.20. The van der Waals surface area contributed by atoms with Crippen molar-refractivity contribution in [1.82, 2.24) is 0 Å². The Kier molecular flexibility index (Phi) is 3.24. The Morgan fingerprint density at radius 3 is 2.27 bits per heavy atom. The summed E-state index contributed by atoms with van der Waals surface area (Å²) in [7, 11) is 0. The normalized spacial score (nSPS) is 10.4. The van der Waals surface area contributed by atoms with Crippen molar-refractivity contribution in [2.75, 3.05) is 0 Å². The van der Waals surface area contributed by atoms with Gasteiger partial charge in [-0.2, -0.15) is 0 Å². The molecule has 0 heterocycles. The minimum atomic E-state index is -0.507. The fourth-order valence-corrected chi connectivity index (χ4v) is 1.52. The average molecular weight is 205 g/mol. The van der Waals surface area contributed by atoms with Crippen molar-refractivity contribution in [2.24, 2.45) is 5.73 Å². The Bertz CT molecular complexity index is 408. The third-order valence-corrected chi connectivity index (χ3v) is 2.34. The molecule has 1 amide bonds. The molecule has 0 spiro atoms. The molecule has 0 aliphatic heterocycles. The van der Waals surface area contributed by atoms with Crippen LogP contribution in [0.2, 0.25) is 0 Å². The number of nitrogens with two attached hydrogens (primary N) is 1. The maximum absolute atomic E-state index is 11.4. The van der Waals surface area contributed by atoms with Gasteiger partial charge in [0.1, 0.15) is 0 Å². The standard InChI is InChI=1S/C12H15NO2/c1-7(2)10-5-4-9(12(13)15)6-11(10)8(3)14/h4-7H,1-3H3,(H2,13,15). The first kappa shape index (κ1) is 11.4. The van der Waals surface area contributed by atoms with Crippen molar-refractivity contribution in [3.63, 3.8) is 0 Å². The zero-order chi connectivity index (χ0) is 11.6. The van der Waals surface area contributed by atoms with Crippen molar-refractivity contribution in [3.8, 4) is 0 Å². The second-order valence-corrected chi connectivity index (χ2v) is 3.88. The summed E-state index contributed by atoms with van der Waals surface area (Å²) < 4.78 is 0. The Morgan fingerprint density at radius 2 is 1.87 bits per heavy atom. The largest absolute Gasteiger partial charge is 0.366 e. The number of amides is 1. The Hall–Kier alpha value is -1.64. The molecule has 3 nitrogen and oxygen atoms in total. The average Bonchev–Trinajstić information content (AvgIpc) is 2.16. The number of carbonyl (C=O) groups excluding carboxylic acids is 2. The molecule has 0 fully saturated rings. The molecule has 1 aromatic carbocycles. The summed E-state index contributed by atoms with van der Waals surface area (Å²) in [5, 5.41) is 0. The van der Waals surface area contributed by atoms with Gasteiger partial charge in [-0.1, -0.05) is 19.9 Å². The molecule has 0 radical (unpaired) electrons. The van der Waals surface area contributed by atoms with Crippen LogP contribution in [0.5, 0.6) is 0 Å². The quantitative estimate of drug-likeness (QED) is 0.768. The second-order valence-electron chi connectivity index (χ2n) is 3.88. The van der Waals surface area contributed by atoms with E-state index in [1.807, 2.05) is 13.8 Å². The molecule has 80 valence electrons. The van der Waals surface area contributed by atoms with Gasteiger partial charge in [-0.3, -0.25) is 9.59 Å². The van der Waals surface area contributed by atoms with Crippen LogP contribution < -0.4 is 5.73 Å². The lowest BCUT2D eigenvalue weighted by Crippen LogP contribution is -2.13. The topological polar surface area (TPSA) is 60.2 Å². The summed E-state index contributed by atoms with van der Waals surface area (Å²) in [6.07, 6.45) is 0. The van der Waals surface area contributed by atoms with E-state index in [1.54, 1.807) is 18.2 Å². The number of Topliss-reactive ketones (excluding diaryl/α,β-unsaturated/α-hetero) is 1.